The molecule has 1 saturated heterocycles. The normalized spacial score (nSPS) is 22.1. The van der Waals surface area contributed by atoms with Gasteiger partial charge in [-0.3, -0.25) is 19.2 Å². The number of aliphatic carboxylic acids is 1. The number of carboxylic acids is 1. The number of imide groups is 1. The number of nitrogens with zero attached hydrogens (tertiary/aromatic N) is 1. The van der Waals surface area contributed by atoms with Crippen molar-refractivity contribution >= 4 is 46.8 Å². The fourth-order valence-corrected chi connectivity index (χ4v) is 5.24. The van der Waals surface area contributed by atoms with Crippen molar-refractivity contribution in [3.63, 3.8) is 0 Å². The molecule has 7 nitrogen and oxygen atoms in total. The van der Waals surface area contributed by atoms with E-state index in [1.165, 1.54) is 6.07 Å². The monoisotopic (exact) mass is 518 g/mol. The highest BCUT2D eigenvalue weighted by Crippen LogP contribution is 2.37. The first-order valence-electron chi connectivity index (χ1n) is 11.0. The fourth-order valence-electron chi connectivity index (χ4n) is 4.18. The van der Waals surface area contributed by atoms with Gasteiger partial charge in [0.25, 0.3) is 0 Å². The second-order valence-electron chi connectivity index (χ2n) is 8.43. The van der Waals surface area contributed by atoms with E-state index >= 15 is 0 Å². The van der Waals surface area contributed by atoms with Gasteiger partial charge in [0, 0.05) is 17.0 Å². The van der Waals surface area contributed by atoms with E-state index in [0.717, 1.165) is 34.9 Å². The number of allylic oxidation sites excluding steroid dienone is 2. The van der Waals surface area contributed by atoms with Crippen LogP contribution < -0.4 is 10.2 Å². The lowest BCUT2D eigenvalue weighted by Gasteiger charge is -2.24. The SMILES string of the molecule is O=C(O)C1CC=CCC1C(=O)Nc1ccc(SC2CC(=O)N(c3cccc(C(F)(F)F)c3)C2=O)cc1. The number of carboxylic acid groups (broad SMARTS) is 1. The summed E-state index contributed by atoms with van der Waals surface area (Å²) in [6.07, 6.45) is -0.616. The number of carbonyl (C=O) groups excluding carboxylic acids is 3. The van der Waals surface area contributed by atoms with E-state index < -0.39 is 52.5 Å². The smallest absolute Gasteiger partial charge is 0.416 e. The Morgan fingerprint density at radius 2 is 1.67 bits per heavy atom. The average molecular weight is 519 g/mol. The minimum Gasteiger partial charge on any atom is -0.481 e. The summed E-state index contributed by atoms with van der Waals surface area (Å²) in [6, 6.07) is 10.5. The van der Waals surface area contributed by atoms with E-state index in [2.05, 4.69) is 5.32 Å². The van der Waals surface area contributed by atoms with Crippen LogP contribution in [-0.2, 0) is 25.4 Å². The maximum absolute atomic E-state index is 13.0. The lowest BCUT2D eigenvalue weighted by Crippen LogP contribution is -2.34. The zero-order valence-corrected chi connectivity index (χ0v) is 19.5. The lowest BCUT2D eigenvalue weighted by atomic mass is 9.82. The summed E-state index contributed by atoms with van der Waals surface area (Å²) in [7, 11) is 0. The van der Waals surface area contributed by atoms with E-state index in [9.17, 15) is 37.5 Å². The average Bonchev–Trinajstić information content (AvgIpc) is 3.12. The molecule has 0 radical (unpaired) electrons. The van der Waals surface area contributed by atoms with Crippen molar-refractivity contribution in [2.24, 2.45) is 11.8 Å². The van der Waals surface area contributed by atoms with Crippen molar-refractivity contribution in [3.8, 4) is 0 Å². The molecular formula is C25H21F3N2O5S. The summed E-state index contributed by atoms with van der Waals surface area (Å²) in [5.74, 6) is -4.11. The number of alkyl halides is 3. The van der Waals surface area contributed by atoms with Crippen LogP contribution in [0.1, 0.15) is 24.8 Å². The van der Waals surface area contributed by atoms with Gasteiger partial charge in [0.2, 0.25) is 17.7 Å². The predicted molar refractivity (Wildman–Crippen MR) is 126 cm³/mol. The first-order chi connectivity index (χ1) is 17.0. The van der Waals surface area contributed by atoms with Crippen LogP contribution in [-0.4, -0.2) is 34.0 Å². The maximum Gasteiger partial charge on any atom is 0.416 e. The van der Waals surface area contributed by atoms with Gasteiger partial charge in [-0.2, -0.15) is 13.2 Å². The zero-order chi connectivity index (χ0) is 26.0. The number of anilines is 2. The number of thioether (sulfide) groups is 1. The molecule has 1 aliphatic heterocycles. The highest BCUT2D eigenvalue weighted by molar-refractivity contribution is 8.00. The molecule has 3 unspecified atom stereocenters. The summed E-state index contributed by atoms with van der Waals surface area (Å²) in [5, 5.41) is 11.3. The van der Waals surface area contributed by atoms with Crippen LogP contribution in [0.4, 0.5) is 24.5 Å². The molecule has 2 aliphatic rings. The molecular weight excluding hydrogens is 497 g/mol. The summed E-state index contributed by atoms with van der Waals surface area (Å²) >= 11 is 1.10. The Balaban J connectivity index is 1.41. The first kappa shape index (κ1) is 25.5. The second kappa shape index (κ2) is 10.2. The third-order valence-electron chi connectivity index (χ3n) is 6.02. The summed E-state index contributed by atoms with van der Waals surface area (Å²) in [4.78, 5) is 50.8. The molecule has 2 aromatic rings. The second-order valence-corrected chi connectivity index (χ2v) is 9.71. The molecule has 4 rings (SSSR count). The van der Waals surface area contributed by atoms with Crippen LogP contribution in [0.2, 0.25) is 0 Å². The highest BCUT2D eigenvalue weighted by atomic mass is 32.2. The molecule has 1 aliphatic carbocycles. The summed E-state index contributed by atoms with van der Waals surface area (Å²) in [5.41, 5.74) is -0.631. The maximum atomic E-state index is 13.0. The van der Waals surface area contributed by atoms with Gasteiger partial charge in [-0.15, -0.1) is 11.8 Å². The third-order valence-corrected chi connectivity index (χ3v) is 7.22. The van der Waals surface area contributed by atoms with Crippen molar-refractivity contribution in [1.29, 1.82) is 0 Å². The molecule has 1 fully saturated rings. The number of benzene rings is 2. The number of rotatable bonds is 6. The molecule has 0 bridgehead atoms. The number of amides is 3. The molecule has 0 saturated carbocycles. The number of hydrogen-bond acceptors (Lipinski definition) is 5. The molecule has 3 atom stereocenters. The van der Waals surface area contributed by atoms with Gasteiger partial charge in [-0.25, -0.2) is 4.90 Å². The molecule has 0 aromatic heterocycles. The summed E-state index contributed by atoms with van der Waals surface area (Å²) in [6.45, 7) is 0. The van der Waals surface area contributed by atoms with Crippen LogP contribution in [0, 0.1) is 11.8 Å². The summed E-state index contributed by atoms with van der Waals surface area (Å²) < 4.78 is 39.1. The molecule has 2 N–H and O–H groups in total. The van der Waals surface area contributed by atoms with Gasteiger partial charge in [0.15, 0.2) is 0 Å². The van der Waals surface area contributed by atoms with Crippen LogP contribution >= 0.6 is 11.8 Å². The van der Waals surface area contributed by atoms with E-state index in [1.54, 1.807) is 36.4 Å². The van der Waals surface area contributed by atoms with Gasteiger partial charge in [-0.1, -0.05) is 18.2 Å². The molecule has 1 heterocycles. The fraction of sp³-hybridized carbons (Fsp3) is 0.280. The Morgan fingerprint density at radius 1 is 1.00 bits per heavy atom. The molecule has 0 spiro atoms. The Labute approximate surface area is 208 Å². The molecule has 188 valence electrons. The topological polar surface area (TPSA) is 104 Å². The standard InChI is InChI=1S/C25H21F3N2O5S/c26-25(27,28)14-4-3-5-16(12-14)30-21(31)13-20(23(30)33)36-17-10-8-15(9-11-17)29-22(32)18-6-1-2-7-19(18)24(34)35/h1-5,8-12,18-20H,6-7,13H2,(H,29,32)(H,34,35). The van der Waals surface area contributed by atoms with E-state index in [1.807, 2.05) is 0 Å². The van der Waals surface area contributed by atoms with Gasteiger partial charge in [0.05, 0.1) is 28.3 Å². The van der Waals surface area contributed by atoms with Crippen molar-refractivity contribution in [1.82, 2.24) is 0 Å². The van der Waals surface area contributed by atoms with E-state index in [-0.39, 0.29) is 18.5 Å². The van der Waals surface area contributed by atoms with Crippen LogP contribution in [0.5, 0.6) is 0 Å². The van der Waals surface area contributed by atoms with Crippen LogP contribution in [0.3, 0.4) is 0 Å². The quantitative estimate of drug-likeness (QED) is 0.423. The van der Waals surface area contributed by atoms with Gasteiger partial charge in [-0.05, 0) is 55.3 Å². The van der Waals surface area contributed by atoms with Crippen molar-refractivity contribution in [3.05, 3.63) is 66.2 Å². The third kappa shape index (κ3) is 5.46. The van der Waals surface area contributed by atoms with E-state index in [0.29, 0.717) is 17.0 Å². The Morgan fingerprint density at radius 3 is 2.31 bits per heavy atom. The molecule has 3 amide bonds. The lowest BCUT2D eigenvalue weighted by molar-refractivity contribution is -0.146. The Bertz CT molecular complexity index is 1230. The van der Waals surface area contributed by atoms with Crippen molar-refractivity contribution < 1.29 is 37.5 Å². The first-order valence-corrected chi connectivity index (χ1v) is 11.9. The number of halogens is 3. The highest BCUT2D eigenvalue weighted by Gasteiger charge is 2.41. The minimum atomic E-state index is -4.60. The molecule has 11 heteroatoms. The number of nitrogens with one attached hydrogen (secondary N) is 1. The number of carbonyl (C=O) groups is 4. The Hall–Kier alpha value is -3.60. The van der Waals surface area contributed by atoms with Crippen molar-refractivity contribution in [2.75, 3.05) is 10.2 Å². The number of hydrogen-bond donors (Lipinski definition) is 2. The van der Waals surface area contributed by atoms with E-state index in [4.69, 9.17) is 0 Å². The molecule has 36 heavy (non-hydrogen) atoms. The Kier molecular flexibility index (Phi) is 7.21. The zero-order valence-electron chi connectivity index (χ0n) is 18.7. The largest absolute Gasteiger partial charge is 0.481 e. The minimum absolute atomic E-state index is 0.127. The van der Waals surface area contributed by atoms with Crippen molar-refractivity contribution in [2.45, 2.75) is 35.6 Å². The van der Waals surface area contributed by atoms with Gasteiger partial charge in [0.1, 0.15) is 0 Å². The van der Waals surface area contributed by atoms with Crippen LogP contribution in [0.25, 0.3) is 0 Å². The molecule has 2 aromatic carbocycles. The van der Waals surface area contributed by atoms with Gasteiger partial charge < -0.3 is 10.4 Å². The predicted octanol–water partition coefficient (Wildman–Crippen LogP) is 4.74. The van der Waals surface area contributed by atoms with Gasteiger partial charge >= 0.3 is 12.1 Å². The van der Waals surface area contributed by atoms with Crippen LogP contribution in [0.15, 0.2) is 65.6 Å².